The second-order valence-corrected chi connectivity index (χ2v) is 9.89. The number of hydrogen-bond donors (Lipinski definition) is 2. The summed E-state index contributed by atoms with van der Waals surface area (Å²) >= 11 is 0. The average Bonchev–Trinajstić information content (AvgIpc) is 3.67. The molecule has 2 fully saturated rings. The molecule has 2 saturated heterocycles. The Balaban J connectivity index is 1.07. The Labute approximate surface area is 208 Å². The number of fused-ring (bicyclic) bond motifs is 3. The first-order valence-corrected chi connectivity index (χ1v) is 12.7. The number of imidazole rings is 1. The molecule has 4 aromatic rings. The molecule has 4 aromatic heterocycles. The smallest absolute Gasteiger partial charge is 0.320 e. The summed E-state index contributed by atoms with van der Waals surface area (Å²) in [5, 5.41) is 4.36. The molecule has 0 bridgehead atoms. The number of carbonyl (C=O) groups is 1. The van der Waals surface area contributed by atoms with Crippen molar-refractivity contribution in [1.29, 1.82) is 0 Å². The summed E-state index contributed by atoms with van der Waals surface area (Å²) < 4.78 is 1.97. The van der Waals surface area contributed by atoms with Gasteiger partial charge in [0.1, 0.15) is 23.4 Å². The van der Waals surface area contributed by atoms with Crippen LogP contribution in [0.15, 0.2) is 49.2 Å². The lowest BCUT2D eigenvalue weighted by Crippen LogP contribution is -2.55. The molecule has 3 aliphatic heterocycles. The zero-order chi connectivity index (χ0) is 24.1. The van der Waals surface area contributed by atoms with Gasteiger partial charge in [-0.2, -0.15) is 0 Å². The average molecular weight is 484 g/mol. The molecule has 2 N–H and O–H groups in total. The largest absolute Gasteiger partial charge is 0.339 e. The Morgan fingerprint density at radius 2 is 2.06 bits per heavy atom. The monoisotopic (exact) mass is 483 g/mol. The van der Waals surface area contributed by atoms with Crippen molar-refractivity contribution in [3.8, 4) is 0 Å². The quantitative estimate of drug-likeness (QED) is 0.464. The number of aromatic nitrogens is 5. The van der Waals surface area contributed by atoms with E-state index < -0.39 is 0 Å². The molecule has 184 valence electrons. The first kappa shape index (κ1) is 21.4. The van der Waals surface area contributed by atoms with Crippen molar-refractivity contribution in [3.05, 3.63) is 54.9 Å². The minimum Gasteiger partial charge on any atom is -0.339 e. The predicted octanol–water partition coefficient (Wildman–Crippen LogP) is 3.34. The number of piperazine rings is 1. The number of carbonyl (C=O) groups excluding carboxylic acids is 1. The van der Waals surface area contributed by atoms with E-state index in [9.17, 15) is 4.79 Å². The molecule has 7 heterocycles. The van der Waals surface area contributed by atoms with Crippen molar-refractivity contribution in [1.82, 2.24) is 39.0 Å². The third-order valence-electron chi connectivity index (χ3n) is 7.76. The Morgan fingerprint density at radius 1 is 1.08 bits per heavy atom. The number of aromatic amines is 1. The summed E-state index contributed by atoms with van der Waals surface area (Å²) in [6.45, 7) is 5.27. The van der Waals surface area contributed by atoms with Crippen LogP contribution < -0.4 is 5.32 Å². The van der Waals surface area contributed by atoms with Gasteiger partial charge in [0.25, 0.3) is 0 Å². The Hall–Kier alpha value is -3.92. The zero-order valence-corrected chi connectivity index (χ0v) is 20.1. The number of H-pyrrole nitrogens is 1. The standard InChI is InChI=1S/C26H29N9O/c36-26(35-13-12-32-8-1-2-20(32)16-35)33-9-5-18(6-10-33)22-14-21-24(28-17-29-25(21)31-22)30-19-3-4-23-27-7-11-34(23)15-19/h3-5,7,11,14-15,17,20H,1-2,6,8-10,12-13,16H2,(H2,28,29,30,31). The fourth-order valence-electron chi connectivity index (χ4n) is 5.80. The first-order valence-electron chi connectivity index (χ1n) is 12.7. The molecule has 36 heavy (non-hydrogen) atoms. The van der Waals surface area contributed by atoms with E-state index in [1.165, 1.54) is 25.0 Å². The van der Waals surface area contributed by atoms with Gasteiger partial charge in [0.15, 0.2) is 0 Å². The van der Waals surface area contributed by atoms with Crippen LogP contribution in [0.5, 0.6) is 0 Å². The van der Waals surface area contributed by atoms with Crippen LogP contribution in [0, 0.1) is 0 Å². The number of nitrogens with zero attached hydrogens (tertiary/aromatic N) is 7. The van der Waals surface area contributed by atoms with Gasteiger partial charge in [-0.15, -0.1) is 0 Å². The fraction of sp³-hybridized carbons (Fsp3) is 0.385. The maximum absolute atomic E-state index is 13.2. The normalized spacial score (nSPS) is 20.7. The van der Waals surface area contributed by atoms with E-state index in [0.29, 0.717) is 12.6 Å². The van der Waals surface area contributed by atoms with Gasteiger partial charge < -0.3 is 24.5 Å². The van der Waals surface area contributed by atoms with Crippen molar-refractivity contribution in [2.24, 2.45) is 0 Å². The lowest BCUT2D eigenvalue weighted by atomic mass is 10.0. The summed E-state index contributed by atoms with van der Waals surface area (Å²) in [7, 11) is 0. The Bertz CT molecular complexity index is 1470. The molecule has 1 atom stereocenters. The molecular weight excluding hydrogens is 454 g/mol. The van der Waals surface area contributed by atoms with Gasteiger partial charge in [0.05, 0.1) is 11.1 Å². The lowest BCUT2D eigenvalue weighted by molar-refractivity contribution is 0.0975. The highest BCUT2D eigenvalue weighted by Gasteiger charge is 2.34. The number of anilines is 2. The van der Waals surface area contributed by atoms with Gasteiger partial charge in [-0.05, 0) is 49.6 Å². The van der Waals surface area contributed by atoms with Crippen LogP contribution in [0.25, 0.3) is 22.3 Å². The molecule has 0 aliphatic carbocycles. The molecule has 0 radical (unpaired) electrons. The molecule has 0 spiro atoms. The van der Waals surface area contributed by atoms with Crippen molar-refractivity contribution in [3.63, 3.8) is 0 Å². The molecule has 10 nitrogen and oxygen atoms in total. The third kappa shape index (κ3) is 3.78. The van der Waals surface area contributed by atoms with E-state index in [2.05, 4.69) is 47.2 Å². The van der Waals surface area contributed by atoms with E-state index in [4.69, 9.17) is 0 Å². The summed E-state index contributed by atoms with van der Waals surface area (Å²) in [4.78, 5) is 36.4. The third-order valence-corrected chi connectivity index (χ3v) is 7.76. The van der Waals surface area contributed by atoms with Gasteiger partial charge in [0.2, 0.25) is 0 Å². The molecule has 3 aliphatic rings. The van der Waals surface area contributed by atoms with Gasteiger partial charge in [0, 0.05) is 63.1 Å². The van der Waals surface area contributed by atoms with E-state index in [1.54, 1.807) is 12.5 Å². The van der Waals surface area contributed by atoms with Crippen LogP contribution in [0.2, 0.25) is 0 Å². The van der Waals surface area contributed by atoms with Crippen LogP contribution >= 0.6 is 0 Å². The van der Waals surface area contributed by atoms with Crippen LogP contribution in [-0.2, 0) is 0 Å². The van der Waals surface area contributed by atoms with Gasteiger partial charge >= 0.3 is 6.03 Å². The van der Waals surface area contributed by atoms with Crippen LogP contribution in [0.3, 0.4) is 0 Å². The maximum atomic E-state index is 13.2. The molecule has 7 rings (SSSR count). The Morgan fingerprint density at radius 3 is 2.97 bits per heavy atom. The number of rotatable bonds is 3. The molecule has 0 aromatic carbocycles. The SMILES string of the molecule is O=C(N1CC=C(c2cc3c(Nc4ccc5nccn5c4)ncnc3[nH]2)CC1)N1CCN2CCCC2C1. The summed E-state index contributed by atoms with van der Waals surface area (Å²) in [5.41, 5.74) is 4.86. The maximum Gasteiger partial charge on any atom is 0.320 e. The van der Waals surface area contributed by atoms with Crippen molar-refractivity contribution in [2.45, 2.75) is 25.3 Å². The van der Waals surface area contributed by atoms with Crippen LogP contribution in [-0.4, -0.2) is 90.4 Å². The molecule has 10 heteroatoms. The number of hydrogen-bond acceptors (Lipinski definition) is 6. The van der Waals surface area contributed by atoms with E-state index in [0.717, 1.165) is 66.5 Å². The number of pyridine rings is 1. The lowest BCUT2D eigenvalue weighted by Gasteiger charge is -2.40. The minimum atomic E-state index is 0.181. The fourth-order valence-corrected chi connectivity index (χ4v) is 5.80. The highest BCUT2D eigenvalue weighted by molar-refractivity contribution is 5.92. The van der Waals surface area contributed by atoms with Crippen LogP contribution in [0.4, 0.5) is 16.3 Å². The summed E-state index contributed by atoms with van der Waals surface area (Å²) in [6, 6.07) is 6.80. The second kappa shape index (κ2) is 8.63. The van der Waals surface area contributed by atoms with Gasteiger partial charge in [-0.1, -0.05) is 6.08 Å². The van der Waals surface area contributed by atoms with Crippen LogP contribution in [0.1, 0.15) is 25.0 Å². The minimum absolute atomic E-state index is 0.181. The van der Waals surface area contributed by atoms with Crippen molar-refractivity contribution < 1.29 is 4.79 Å². The molecular formula is C26H29N9O. The number of urea groups is 1. The second-order valence-electron chi connectivity index (χ2n) is 9.89. The number of nitrogens with one attached hydrogen (secondary N) is 2. The molecule has 1 unspecified atom stereocenters. The van der Waals surface area contributed by atoms with Crippen molar-refractivity contribution in [2.75, 3.05) is 44.6 Å². The predicted molar refractivity (Wildman–Crippen MR) is 138 cm³/mol. The van der Waals surface area contributed by atoms with Gasteiger partial charge in [-0.3, -0.25) is 4.90 Å². The topological polar surface area (TPSA) is 97.7 Å². The highest BCUT2D eigenvalue weighted by Crippen LogP contribution is 2.30. The van der Waals surface area contributed by atoms with E-state index in [1.807, 2.05) is 33.8 Å². The van der Waals surface area contributed by atoms with Crippen molar-refractivity contribution >= 4 is 39.8 Å². The summed E-state index contributed by atoms with van der Waals surface area (Å²) in [6.07, 6.45) is 12.7. The van der Waals surface area contributed by atoms with E-state index >= 15 is 0 Å². The zero-order valence-electron chi connectivity index (χ0n) is 20.1. The van der Waals surface area contributed by atoms with Gasteiger partial charge in [-0.25, -0.2) is 19.7 Å². The highest BCUT2D eigenvalue weighted by atomic mass is 16.2. The number of amides is 2. The first-order chi connectivity index (χ1) is 17.7. The summed E-state index contributed by atoms with van der Waals surface area (Å²) in [5.74, 6) is 0.751. The molecule has 2 amide bonds. The molecule has 0 saturated carbocycles. The Kier molecular flexibility index (Phi) is 5.12. The van der Waals surface area contributed by atoms with E-state index in [-0.39, 0.29) is 6.03 Å².